The van der Waals surface area contributed by atoms with Crippen LogP contribution < -0.4 is 0 Å². The standard InChI is InChI=1S/C15H19NO/c1-3-16(4-2)11-12-7-5-9-14-13(12)8-6-10-15(14)17/h5-10,17H,3-4,11H2,1-2H3. The quantitative estimate of drug-likeness (QED) is 0.868. The van der Waals surface area contributed by atoms with Crippen molar-refractivity contribution in [3.05, 3.63) is 42.0 Å². The van der Waals surface area contributed by atoms with E-state index in [1.165, 1.54) is 5.56 Å². The molecular formula is C15H19NO. The Morgan fingerprint density at radius 1 is 0.941 bits per heavy atom. The van der Waals surface area contributed by atoms with Gasteiger partial charge in [0.1, 0.15) is 5.75 Å². The van der Waals surface area contributed by atoms with Crippen LogP contribution in [-0.2, 0) is 6.54 Å². The lowest BCUT2D eigenvalue weighted by atomic mass is 10.0. The summed E-state index contributed by atoms with van der Waals surface area (Å²) in [5.41, 5.74) is 1.28. The highest BCUT2D eigenvalue weighted by molar-refractivity contribution is 5.90. The Labute approximate surface area is 102 Å². The summed E-state index contributed by atoms with van der Waals surface area (Å²) in [6, 6.07) is 11.8. The fraction of sp³-hybridized carbons (Fsp3) is 0.333. The summed E-state index contributed by atoms with van der Waals surface area (Å²) in [7, 11) is 0. The number of nitrogens with zero attached hydrogens (tertiary/aromatic N) is 1. The average molecular weight is 229 g/mol. The molecule has 0 atom stereocenters. The van der Waals surface area contributed by atoms with Gasteiger partial charge in [-0.15, -0.1) is 0 Å². The molecule has 0 bridgehead atoms. The fourth-order valence-electron chi connectivity index (χ4n) is 2.18. The van der Waals surface area contributed by atoms with Gasteiger partial charge in [0.25, 0.3) is 0 Å². The van der Waals surface area contributed by atoms with Gasteiger partial charge in [-0.2, -0.15) is 0 Å². The number of hydrogen-bond donors (Lipinski definition) is 1. The smallest absolute Gasteiger partial charge is 0.123 e. The van der Waals surface area contributed by atoms with Crippen LogP contribution in [0, 0.1) is 0 Å². The molecule has 2 aromatic carbocycles. The van der Waals surface area contributed by atoms with Crippen molar-refractivity contribution >= 4 is 10.8 Å². The molecule has 2 heteroatoms. The highest BCUT2D eigenvalue weighted by Gasteiger charge is 2.06. The van der Waals surface area contributed by atoms with Gasteiger partial charge in [-0.05, 0) is 30.1 Å². The zero-order valence-corrected chi connectivity index (χ0v) is 10.5. The van der Waals surface area contributed by atoms with E-state index in [1.54, 1.807) is 6.07 Å². The third-order valence-corrected chi connectivity index (χ3v) is 3.28. The Bertz CT molecular complexity index is 503. The van der Waals surface area contributed by atoms with Crippen molar-refractivity contribution < 1.29 is 5.11 Å². The highest BCUT2D eigenvalue weighted by Crippen LogP contribution is 2.27. The molecule has 0 saturated heterocycles. The van der Waals surface area contributed by atoms with Gasteiger partial charge in [-0.1, -0.05) is 44.2 Å². The van der Waals surface area contributed by atoms with Crippen molar-refractivity contribution in [2.75, 3.05) is 13.1 Å². The lowest BCUT2D eigenvalue weighted by Crippen LogP contribution is -2.22. The summed E-state index contributed by atoms with van der Waals surface area (Å²) in [5.74, 6) is 0.365. The summed E-state index contributed by atoms with van der Waals surface area (Å²) >= 11 is 0. The first kappa shape index (κ1) is 11.9. The third-order valence-electron chi connectivity index (χ3n) is 3.28. The molecule has 17 heavy (non-hydrogen) atoms. The lowest BCUT2D eigenvalue weighted by Gasteiger charge is -2.19. The van der Waals surface area contributed by atoms with Gasteiger partial charge in [0, 0.05) is 11.9 Å². The molecule has 0 radical (unpaired) electrons. The molecule has 90 valence electrons. The maximum atomic E-state index is 9.83. The van der Waals surface area contributed by atoms with E-state index in [4.69, 9.17) is 0 Å². The molecule has 0 unspecified atom stereocenters. The Morgan fingerprint density at radius 2 is 1.59 bits per heavy atom. The van der Waals surface area contributed by atoms with E-state index in [0.29, 0.717) is 5.75 Å². The Hall–Kier alpha value is -1.54. The molecule has 2 nitrogen and oxygen atoms in total. The second-order valence-corrected chi connectivity index (χ2v) is 4.25. The fourth-order valence-corrected chi connectivity index (χ4v) is 2.18. The van der Waals surface area contributed by atoms with Crippen LogP contribution >= 0.6 is 0 Å². The Morgan fingerprint density at radius 3 is 2.29 bits per heavy atom. The minimum absolute atomic E-state index is 0.365. The van der Waals surface area contributed by atoms with Crippen LogP contribution in [0.15, 0.2) is 36.4 Å². The molecule has 0 spiro atoms. The molecule has 2 rings (SSSR count). The second kappa shape index (κ2) is 5.19. The average Bonchev–Trinajstić information content (AvgIpc) is 2.37. The van der Waals surface area contributed by atoms with E-state index >= 15 is 0 Å². The Kier molecular flexibility index (Phi) is 3.64. The summed E-state index contributed by atoms with van der Waals surface area (Å²) in [6.07, 6.45) is 0. The van der Waals surface area contributed by atoms with Gasteiger partial charge in [-0.3, -0.25) is 4.90 Å². The predicted octanol–water partition coefficient (Wildman–Crippen LogP) is 3.39. The minimum Gasteiger partial charge on any atom is -0.507 e. The first-order valence-corrected chi connectivity index (χ1v) is 6.18. The molecular weight excluding hydrogens is 210 g/mol. The van der Waals surface area contributed by atoms with E-state index in [9.17, 15) is 5.11 Å². The van der Waals surface area contributed by atoms with Crippen molar-refractivity contribution in [2.24, 2.45) is 0 Å². The topological polar surface area (TPSA) is 23.5 Å². The molecule has 0 aliphatic carbocycles. The number of rotatable bonds is 4. The molecule has 2 aromatic rings. The molecule has 0 heterocycles. The zero-order chi connectivity index (χ0) is 12.3. The first-order chi connectivity index (χ1) is 8.26. The summed E-state index contributed by atoms with van der Waals surface area (Å²) < 4.78 is 0. The van der Waals surface area contributed by atoms with Crippen molar-refractivity contribution in [3.63, 3.8) is 0 Å². The molecule has 0 aromatic heterocycles. The number of phenolic OH excluding ortho intramolecular Hbond substituents is 1. The molecule has 1 N–H and O–H groups in total. The normalized spacial score (nSPS) is 11.2. The van der Waals surface area contributed by atoms with Gasteiger partial charge >= 0.3 is 0 Å². The maximum Gasteiger partial charge on any atom is 0.123 e. The van der Waals surface area contributed by atoms with Gasteiger partial charge in [-0.25, -0.2) is 0 Å². The van der Waals surface area contributed by atoms with Crippen LogP contribution in [0.5, 0.6) is 5.75 Å². The summed E-state index contributed by atoms with van der Waals surface area (Å²) in [6.45, 7) is 7.38. The summed E-state index contributed by atoms with van der Waals surface area (Å²) in [4.78, 5) is 2.37. The van der Waals surface area contributed by atoms with Crippen LogP contribution in [0.3, 0.4) is 0 Å². The number of benzene rings is 2. The van der Waals surface area contributed by atoms with Crippen molar-refractivity contribution in [2.45, 2.75) is 20.4 Å². The minimum atomic E-state index is 0.365. The van der Waals surface area contributed by atoms with Crippen LogP contribution in [0.25, 0.3) is 10.8 Å². The van der Waals surface area contributed by atoms with E-state index in [-0.39, 0.29) is 0 Å². The number of phenols is 1. The van der Waals surface area contributed by atoms with Gasteiger partial charge in [0.2, 0.25) is 0 Å². The predicted molar refractivity (Wildman–Crippen MR) is 72.2 cm³/mol. The maximum absolute atomic E-state index is 9.83. The van der Waals surface area contributed by atoms with Crippen molar-refractivity contribution in [1.29, 1.82) is 0 Å². The Balaban J connectivity index is 2.44. The molecule has 0 aliphatic heterocycles. The summed E-state index contributed by atoms with van der Waals surface area (Å²) in [5, 5.41) is 11.9. The molecule has 0 aliphatic rings. The van der Waals surface area contributed by atoms with Crippen molar-refractivity contribution in [1.82, 2.24) is 4.90 Å². The van der Waals surface area contributed by atoms with E-state index in [0.717, 1.165) is 30.4 Å². The van der Waals surface area contributed by atoms with Gasteiger partial charge in [0.05, 0.1) is 0 Å². The first-order valence-electron chi connectivity index (χ1n) is 6.18. The van der Waals surface area contributed by atoms with Crippen LogP contribution in [0.4, 0.5) is 0 Å². The molecule has 0 saturated carbocycles. The lowest BCUT2D eigenvalue weighted by molar-refractivity contribution is 0.297. The van der Waals surface area contributed by atoms with Gasteiger partial charge in [0.15, 0.2) is 0 Å². The number of hydrogen-bond acceptors (Lipinski definition) is 2. The van der Waals surface area contributed by atoms with Gasteiger partial charge < -0.3 is 5.11 Å². The third kappa shape index (κ3) is 2.42. The van der Waals surface area contributed by atoms with E-state index in [2.05, 4.69) is 30.9 Å². The largest absolute Gasteiger partial charge is 0.507 e. The van der Waals surface area contributed by atoms with Crippen LogP contribution in [0.2, 0.25) is 0 Å². The number of fused-ring (bicyclic) bond motifs is 1. The second-order valence-electron chi connectivity index (χ2n) is 4.25. The SMILES string of the molecule is CCN(CC)Cc1cccc2c(O)cccc12. The molecule has 0 fully saturated rings. The van der Waals surface area contributed by atoms with E-state index < -0.39 is 0 Å². The molecule has 0 amide bonds. The van der Waals surface area contributed by atoms with Crippen molar-refractivity contribution in [3.8, 4) is 5.75 Å². The van der Waals surface area contributed by atoms with Crippen LogP contribution in [0.1, 0.15) is 19.4 Å². The zero-order valence-electron chi connectivity index (χ0n) is 10.5. The van der Waals surface area contributed by atoms with E-state index in [1.807, 2.05) is 18.2 Å². The monoisotopic (exact) mass is 229 g/mol. The van der Waals surface area contributed by atoms with Crippen LogP contribution in [-0.4, -0.2) is 23.1 Å². The highest BCUT2D eigenvalue weighted by atomic mass is 16.3. The number of aromatic hydroxyl groups is 1.